The number of aryl methyl sites for hydroxylation is 2. The normalized spacial score (nSPS) is 19.2. The van der Waals surface area contributed by atoms with Gasteiger partial charge in [0, 0.05) is 11.6 Å². The molecule has 0 bridgehead atoms. The minimum atomic E-state index is 0.0424. The molecule has 0 unspecified atom stereocenters. The van der Waals surface area contributed by atoms with Crippen molar-refractivity contribution in [3.05, 3.63) is 23.2 Å². The molecule has 3 nitrogen and oxygen atoms in total. The van der Waals surface area contributed by atoms with Crippen LogP contribution in [-0.4, -0.2) is 11.9 Å². The number of amides is 1. The molecule has 2 rings (SSSR count). The van der Waals surface area contributed by atoms with Gasteiger partial charge in [0.05, 0.1) is 11.8 Å². The van der Waals surface area contributed by atoms with Gasteiger partial charge in [-0.25, -0.2) is 0 Å². The van der Waals surface area contributed by atoms with Crippen LogP contribution in [0.3, 0.4) is 0 Å². The zero-order valence-corrected chi connectivity index (χ0v) is 14.2. The van der Waals surface area contributed by atoms with E-state index >= 15 is 0 Å². The minimum Gasteiger partial charge on any atom is -0.469 e. The topological polar surface area (TPSA) is 42.2 Å². The fourth-order valence-corrected chi connectivity index (χ4v) is 3.48. The van der Waals surface area contributed by atoms with Crippen molar-refractivity contribution >= 4 is 5.91 Å². The van der Waals surface area contributed by atoms with Crippen LogP contribution in [0.4, 0.5) is 0 Å². The second-order valence-electron chi connectivity index (χ2n) is 6.78. The van der Waals surface area contributed by atoms with Gasteiger partial charge in [0.1, 0.15) is 5.76 Å². The molecule has 3 heteroatoms. The van der Waals surface area contributed by atoms with Crippen LogP contribution in [0.15, 0.2) is 10.7 Å². The SMILES string of the molecule is Cc1coc(C)c1C(=O)NC1CCCCCCCCCCC1. The summed E-state index contributed by atoms with van der Waals surface area (Å²) < 4.78 is 5.36. The van der Waals surface area contributed by atoms with E-state index in [-0.39, 0.29) is 5.91 Å². The van der Waals surface area contributed by atoms with Gasteiger partial charge >= 0.3 is 0 Å². The van der Waals surface area contributed by atoms with E-state index in [2.05, 4.69) is 5.32 Å². The van der Waals surface area contributed by atoms with E-state index in [1.54, 1.807) is 6.26 Å². The highest BCUT2D eigenvalue weighted by atomic mass is 16.3. The molecule has 1 aliphatic rings. The summed E-state index contributed by atoms with van der Waals surface area (Å²) >= 11 is 0. The minimum absolute atomic E-state index is 0.0424. The van der Waals surface area contributed by atoms with Crippen LogP contribution in [-0.2, 0) is 0 Å². The Morgan fingerprint density at radius 3 is 1.91 bits per heavy atom. The Bertz CT molecular complexity index is 433. The molecule has 0 spiro atoms. The van der Waals surface area contributed by atoms with Crippen LogP contribution < -0.4 is 5.32 Å². The summed E-state index contributed by atoms with van der Waals surface area (Å²) in [5, 5.41) is 3.26. The molecule has 0 radical (unpaired) electrons. The van der Waals surface area contributed by atoms with E-state index in [4.69, 9.17) is 4.42 Å². The van der Waals surface area contributed by atoms with Crippen molar-refractivity contribution in [3.63, 3.8) is 0 Å². The Balaban J connectivity index is 1.90. The molecule has 22 heavy (non-hydrogen) atoms. The van der Waals surface area contributed by atoms with Crippen LogP contribution in [0, 0.1) is 13.8 Å². The first-order valence-corrected chi connectivity index (χ1v) is 9.04. The molecule has 124 valence electrons. The highest BCUT2D eigenvalue weighted by Crippen LogP contribution is 2.19. The Hall–Kier alpha value is -1.25. The van der Waals surface area contributed by atoms with Crippen LogP contribution >= 0.6 is 0 Å². The lowest BCUT2D eigenvalue weighted by molar-refractivity contribution is 0.0929. The fourth-order valence-electron chi connectivity index (χ4n) is 3.48. The molecule has 1 saturated carbocycles. The van der Waals surface area contributed by atoms with E-state index in [1.165, 1.54) is 57.8 Å². The molecule has 0 saturated heterocycles. The van der Waals surface area contributed by atoms with Gasteiger partial charge in [-0.3, -0.25) is 4.79 Å². The number of nitrogens with one attached hydrogen (secondary N) is 1. The van der Waals surface area contributed by atoms with Crippen molar-refractivity contribution in [2.75, 3.05) is 0 Å². The molecule has 1 aromatic rings. The predicted molar refractivity (Wildman–Crippen MR) is 90.2 cm³/mol. The molecule has 1 fully saturated rings. The van der Waals surface area contributed by atoms with Gasteiger partial charge in [-0.05, 0) is 26.7 Å². The summed E-state index contributed by atoms with van der Waals surface area (Å²) in [6.07, 6.45) is 15.8. The van der Waals surface area contributed by atoms with Crippen LogP contribution in [0.1, 0.15) is 92.3 Å². The maximum Gasteiger partial charge on any atom is 0.255 e. The van der Waals surface area contributed by atoms with Crippen molar-refractivity contribution in [3.8, 4) is 0 Å². The Morgan fingerprint density at radius 2 is 1.45 bits per heavy atom. The second kappa shape index (κ2) is 9.02. The third-order valence-electron chi connectivity index (χ3n) is 4.83. The van der Waals surface area contributed by atoms with E-state index in [9.17, 15) is 4.79 Å². The monoisotopic (exact) mass is 305 g/mol. The molecule has 1 amide bonds. The first-order valence-electron chi connectivity index (χ1n) is 9.04. The van der Waals surface area contributed by atoms with Gasteiger partial charge in [0.2, 0.25) is 0 Å². The van der Waals surface area contributed by atoms with Crippen LogP contribution in [0.25, 0.3) is 0 Å². The molecular weight excluding hydrogens is 274 g/mol. The van der Waals surface area contributed by atoms with E-state index in [0.29, 0.717) is 6.04 Å². The first-order chi connectivity index (χ1) is 10.7. The summed E-state index contributed by atoms with van der Waals surface area (Å²) in [6.45, 7) is 3.80. The number of rotatable bonds is 2. The van der Waals surface area contributed by atoms with Crippen LogP contribution in [0.2, 0.25) is 0 Å². The summed E-state index contributed by atoms with van der Waals surface area (Å²) in [6, 6.07) is 0.320. The smallest absolute Gasteiger partial charge is 0.255 e. The second-order valence-corrected chi connectivity index (χ2v) is 6.78. The van der Waals surface area contributed by atoms with E-state index < -0.39 is 0 Å². The van der Waals surface area contributed by atoms with E-state index in [0.717, 1.165) is 29.7 Å². The molecule has 1 heterocycles. The lowest BCUT2D eigenvalue weighted by Crippen LogP contribution is -2.35. The van der Waals surface area contributed by atoms with Crippen LogP contribution in [0.5, 0.6) is 0 Å². The molecule has 0 aromatic carbocycles. The number of hydrogen-bond acceptors (Lipinski definition) is 2. The lowest BCUT2D eigenvalue weighted by Gasteiger charge is -2.19. The van der Waals surface area contributed by atoms with Crippen molar-refractivity contribution < 1.29 is 9.21 Å². The maximum atomic E-state index is 12.5. The van der Waals surface area contributed by atoms with Crippen molar-refractivity contribution in [2.24, 2.45) is 0 Å². The van der Waals surface area contributed by atoms with E-state index in [1.807, 2.05) is 13.8 Å². The maximum absolute atomic E-state index is 12.5. The summed E-state index contributed by atoms with van der Waals surface area (Å²) in [4.78, 5) is 12.5. The third-order valence-corrected chi connectivity index (χ3v) is 4.83. The number of carbonyl (C=O) groups is 1. The average Bonchev–Trinajstić information content (AvgIpc) is 2.81. The highest BCUT2D eigenvalue weighted by Gasteiger charge is 2.19. The quantitative estimate of drug-likeness (QED) is 0.805. The Labute approximate surface area is 134 Å². The van der Waals surface area contributed by atoms with Gasteiger partial charge in [0.15, 0.2) is 0 Å². The number of furan rings is 1. The summed E-state index contributed by atoms with van der Waals surface area (Å²) in [5.41, 5.74) is 1.66. The zero-order valence-electron chi connectivity index (χ0n) is 14.2. The Morgan fingerprint density at radius 1 is 0.955 bits per heavy atom. The molecule has 1 aromatic heterocycles. The number of hydrogen-bond donors (Lipinski definition) is 1. The zero-order chi connectivity index (χ0) is 15.8. The average molecular weight is 305 g/mol. The fraction of sp³-hybridized carbons (Fsp3) is 0.737. The molecular formula is C19H31NO2. The largest absolute Gasteiger partial charge is 0.469 e. The van der Waals surface area contributed by atoms with Gasteiger partial charge < -0.3 is 9.73 Å². The predicted octanol–water partition coefficient (Wildman–Crippen LogP) is 5.30. The van der Waals surface area contributed by atoms with Gasteiger partial charge in [-0.1, -0.05) is 57.8 Å². The third kappa shape index (κ3) is 5.19. The highest BCUT2D eigenvalue weighted by molar-refractivity contribution is 5.96. The summed E-state index contributed by atoms with van der Waals surface area (Å²) in [5.74, 6) is 0.768. The van der Waals surface area contributed by atoms with Crippen molar-refractivity contribution in [1.29, 1.82) is 0 Å². The standard InChI is InChI=1S/C19H31NO2/c1-15-14-22-16(2)18(15)19(21)20-17-12-10-8-6-4-3-5-7-9-11-13-17/h14,17H,3-13H2,1-2H3,(H,20,21). The Kier molecular flexibility index (Phi) is 7.01. The summed E-state index contributed by atoms with van der Waals surface area (Å²) in [7, 11) is 0. The van der Waals surface area contributed by atoms with Gasteiger partial charge in [-0.15, -0.1) is 0 Å². The van der Waals surface area contributed by atoms with Crippen molar-refractivity contribution in [1.82, 2.24) is 5.32 Å². The first kappa shape index (κ1) is 17.1. The molecule has 1 aliphatic carbocycles. The van der Waals surface area contributed by atoms with Crippen molar-refractivity contribution in [2.45, 2.75) is 90.5 Å². The molecule has 0 aliphatic heterocycles. The molecule has 1 N–H and O–H groups in total. The lowest BCUT2D eigenvalue weighted by atomic mass is 9.97. The molecule has 0 atom stereocenters. The number of carbonyl (C=O) groups excluding carboxylic acids is 1. The van der Waals surface area contributed by atoms with Gasteiger partial charge in [-0.2, -0.15) is 0 Å². The van der Waals surface area contributed by atoms with Gasteiger partial charge in [0.25, 0.3) is 5.91 Å².